The predicted molar refractivity (Wildman–Crippen MR) is 215 cm³/mol. The van der Waals surface area contributed by atoms with E-state index in [0.29, 0.717) is 35.4 Å². The molecule has 2 amide bonds. The first-order chi connectivity index (χ1) is 30.1. The molecule has 0 radical (unpaired) electrons. The molecule has 1 aromatic heterocycles. The molecule has 0 bridgehead atoms. The molecule has 0 spiro atoms. The van der Waals surface area contributed by atoms with Crippen LogP contribution >= 0.6 is 0 Å². The van der Waals surface area contributed by atoms with Gasteiger partial charge < -0.3 is 4.57 Å². The van der Waals surface area contributed by atoms with Crippen LogP contribution in [0.5, 0.6) is 0 Å². The van der Waals surface area contributed by atoms with E-state index < -0.39 is 69.9 Å². The van der Waals surface area contributed by atoms with E-state index in [-0.39, 0.29) is 67.6 Å². The van der Waals surface area contributed by atoms with E-state index in [2.05, 4.69) is 0 Å². The number of para-hydroxylation sites is 1. The summed E-state index contributed by atoms with van der Waals surface area (Å²) in [7, 11) is 0. The lowest BCUT2D eigenvalue weighted by Gasteiger charge is -2.19. The Morgan fingerprint density at radius 3 is 1.33 bits per heavy atom. The molecule has 9 rings (SSSR count). The van der Waals surface area contributed by atoms with Crippen molar-refractivity contribution >= 4 is 39.3 Å². The zero-order valence-corrected chi connectivity index (χ0v) is 32.1. The second-order valence-corrected chi connectivity index (χ2v) is 14.8. The van der Waals surface area contributed by atoms with Gasteiger partial charge in [0.1, 0.15) is 0 Å². The van der Waals surface area contributed by atoms with Crippen molar-refractivity contribution in [3.05, 3.63) is 179 Å². The van der Waals surface area contributed by atoms with E-state index in [1.54, 1.807) is 54.6 Å². The molecule has 2 heterocycles. The molecule has 1 aliphatic heterocycles. The molecule has 0 atom stereocenters. The molecule has 0 saturated heterocycles. The maximum Gasteiger partial charge on any atom is 0.417 e. The number of hydrogen-bond acceptors (Lipinski definition) is 2. The third-order valence-corrected chi connectivity index (χ3v) is 11.1. The highest BCUT2D eigenvalue weighted by Crippen LogP contribution is 2.47. The van der Waals surface area contributed by atoms with Crippen LogP contribution in [0, 0.1) is 0 Å². The van der Waals surface area contributed by atoms with E-state index in [9.17, 15) is 62.3 Å². The predicted octanol–water partition coefficient (Wildman–Crippen LogP) is 14.7. The summed E-state index contributed by atoms with van der Waals surface area (Å²) < 4.78 is 170. The number of benzene rings is 7. The van der Waals surface area contributed by atoms with Crippen molar-refractivity contribution in [2.75, 3.05) is 4.90 Å². The fourth-order valence-electron chi connectivity index (χ4n) is 8.23. The van der Waals surface area contributed by atoms with E-state index in [1.165, 1.54) is 59.2 Å². The molecule has 64 heavy (non-hydrogen) atoms. The van der Waals surface area contributed by atoms with Gasteiger partial charge in [-0.05, 0) is 82.4 Å². The molecule has 322 valence electrons. The number of carbonyl (C=O) groups is 2. The van der Waals surface area contributed by atoms with Crippen molar-refractivity contribution in [2.45, 2.75) is 24.7 Å². The highest BCUT2D eigenvalue weighted by molar-refractivity contribution is 6.36. The zero-order chi connectivity index (χ0) is 45.7. The average Bonchev–Trinajstić information content (AvgIpc) is 3.71. The SMILES string of the molecule is O=C1c2cccc(-n3c4cc(-c5ccc(C(F)(F)F)cc5C(F)(F)F)ccc4c4ccc(-c5ccc(C(F)(F)F)cc5C(F)(F)F)cc43)c2C(=O)N1c1ccccc1-c1ccccc1. The van der Waals surface area contributed by atoms with Gasteiger partial charge >= 0.3 is 24.7 Å². The van der Waals surface area contributed by atoms with Crippen LogP contribution in [-0.2, 0) is 24.7 Å². The quantitative estimate of drug-likeness (QED) is 0.128. The maximum absolute atomic E-state index is 14.8. The van der Waals surface area contributed by atoms with Crippen LogP contribution < -0.4 is 4.90 Å². The second-order valence-electron chi connectivity index (χ2n) is 14.8. The minimum absolute atomic E-state index is 0.0120. The van der Waals surface area contributed by atoms with E-state index >= 15 is 0 Å². The minimum atomic E-state index is -5.28. The number of fused-ring (bicyclic) bond motifs is 4. The van der Waals surface area contributed by atoms with Crippen molar-refractivity contribution in [3.8, 4) is 39.1 Å². The van der Waals surface area contributed by atoms with Crippen LogP contribution in [0.25, 0.3) is 60.9 Å². The van der Waals surface area contributed by atoms with Gasteiger partial charge in [0.05, 0.1) is 55.8 Å². The first-order valence-electron chi connectivity index (χ1n) is 19.0. The normalized spacial score (nSPS) is 13.7. The summed E-state index contributed by atoms with van der Waals surface area (Å²) >= 11 is 0. The lowest BCUT2D eigenvalue weighted by molar-refractivity contribution is -0.144. The number of amides is 2. The number of imide groups is 1. The fourth-order valence-corrected chi connectivity index (χ4v) is 8.23. The van der Waals surface area contributed by atoms with Crippen LogP contribution in [0.15, 0.2) is 146 Å². The highest BCUT2D eigenvalue weighted by Gasteiger charge is 2.42. The van der Waals surface area contributed by atoms with Gasteiger partial charge in [-0.15, -0.1) is 0 Å². The Morgan fingerprint density at radius 1 is 0.359 bits per heavy atom. The summed E-state index contributed by atoms with van der Waals surface area (Å²) in [5.74, 6) is -1.60. The molecule has 0 saturated carbocycles. The van der Waals surface area contributed by atoms with Crippen LogP contribution in [0.4, 0.5) is 58.4 Å². The monoisotopic (exact) mass is 888 g/mol. The molecule has 8 aromatic rings. The Balaban J connectivity index is 1.32. The lowest BCUT2D eigenvalue weighted by atomic mass is 9.95. The van der Waals surface area contributed by atoms with E-state index in [0.717, 1.165) is 4.90 Å². The number of carbonyl (C=O) groups excluding carboxylic acids is 2. The van der Waals surface area contributed by atoms with Gasteiger partial charge in [0.15, 0.2) is 0 Å². The molecule has 16 heteroatoms. The number of rotatable bonds is 5. The number of nitrogens with zero attached hydrogens (tertiary/aromatic N) is 2. The largest absolute Gasteiger partial charge is 0.417 e. The summed E-state index contributed by atoms with van der Waals surface area (Å²) in [5, 5.41) is 0.491. The summed E-state index contributed by atoms with van der Waals surface area (Å²) in [4.78, 5) is 30.0. The first-order valence-corrected chi connectivity index (χ1v) is 19.0. The van der Waals surface area contributed by atoms with E-state index in [1.807, 2.05) is 0 Å². The van der Waals surface area contributed by atoms with Gasteiger partial charge in [0.2, 0.25) is 0 Å². The average molecular weight is 889 g/mol. The van der Waals surface area contributed by atoms with Crippen molar-refractivity contribution in [2.24, 2.45) is 0 Å². The fraction of sp³-hybridized carbons (Fsp3) is 0.0833. The van der Waals surface area contributed by atoms with Gasteiger partial charge in [0.25, 0.3) is 11.8 Å². The molecule has 0 unspecified atom stereocenters. The van der Waals surface area contributed by atoms with Crippen molar-refractivity contribution in [1.82, 2.24) is 4.57 Å². The third-order valence-electron chi connectivity index (χ3n) is 11.1. The zero-order valence-electron chi connectivity index (χ0n) is 32.1. The van der Waals surface area contributed by atoms with E-state index in [4.69, 9.17) is 0 Å². The van der Waals surface area contributed by atoms with Crippen LogP contribution in [0.1, 0.15) is 43.0 Å². The number of anilines is 1. The molecule has 4 nitrogen and oxygen atoms in total. The van der Waals surface area contributed by atoms with Crippen molar-refractivity contribution < 1.29 is 62.3 Å². The number of halogens is 12. The number of alkyl halides is 12. The van der Waals surface area contributed by atoms with Gasteiger partial charge in [-0.3, -0.25) is 9.59 Å². The van der Waals surface area contributed by atoms with Crippen molar-refractivity contribution in [3.63, 3.8) is 0 Å². The Labute approximate surface area is 353 Å². The molecule has 1 aliphatic rings. The summed E-state index contributed by atoms with van der Waals surface area (Å²) in [6.07, 6.45) is -20.8. The summed E-state index contributed by atoms with van der Waals surface area (Å²) in [6, 6.07) is 29.3. The Hall–Kier alpha value is -7.36. The second kappa shape index (κ2) is 14.6. The van der Waals surface area contributed by atoms with Crippen LogP contribution in [0.3, 0.4) is 0 Å². The smallest absolute Gasteiger partial charge is 0.308 e. The Bertz CT molecular complexity index is 3080. The van der Waals surface area contributed by atoms with Gasteiger partial charge in [-0.1, -0.05) is 91.0 Å². The van der Waals surface area contributed by atoms with Crippen LogP contribution in [0.2, 0.25) is 0 Å². The molecule has 7 aromatic carbocycles. The maximum atomic E-state index is 14.8. The van der Waals surface area contributed by atoms with Crippen LogP contribution in [-0.4, -0.2) is 16.4 Å². The molecular weight excluding hydrogens is 865 g/mol. The molecule has 0 fully saturated rings. The Morgan fingerprint density at radius 2 is 0.828 bits per heavy atom. The Kier molecular flexibility index (Phi) is 9.58. The first kappa shape index (κ1) is 42.0. The van der Waals surface area contributed by atoms with Crippen molar-refractivity contribution in [1.29, 1.82) is 0 Å². The van der Waals surface area contributed by atoms with Gasteiger partial charge in [0, 0.05) is 16.3 Å². The third kappa shape index (κ3) is 7.02. The summed E-state index contributed by atoms with van der Waals surface area (Å²) in [6.45, 7) is 0. The molecule has 0 N–H and O–H groups in total. The lowest BCUT2D eigenvalue weighted by Crippen LogP contribution is -2.30. The highest BCUT2D eigenvalue weighted by atomic mass is 19.4. The molecule has 0 aliphatic carbocycles. The number of hydrogen-bond donors (Lipinski definition) is 0. The van der Waals surface area contributed by atoms with Gasteiger partial charge in [-0.25, -0.2) is 4.90 Å². The molecular formula is C48H24F12N2O2. The topological polar surface area (TPSA) is 42.3 Å². The standard InChI is InChI=1S/C48H24F12N2O2/c49-45(50,51)28-15-19-30(36(23-28)47(55,56)57)26-13-17-33-34-18-14-27(31-20-16-29(46(52,53)54)24-37(31)48(58,59)60)22-41(34)61(40(33)21-26)39-12-6-10-35-42(39)44(64)62(43(35)63)38-11-5-4-9-32(38)25-7-2-1-3-8-25/h1-24H. The number of aromatic nitrogens is 1. The minimum Gasteiger partial charge on any atom is -0.308 e. The van der Waals surface area contributed by atoms with Gasteiger partial charge in [-0.2, -0.15) is 52.7 Å². The summed E-state index contributed by atoms with van der Waals surface area (Å²) in [5.41, 5.74) is -7.18.